The van der Waals surface area contributed by atoms with Crippen LogP contribution in [-0.4, -0.2) is 4.98 Å². The Bertz CT molecular complexity index is 451. The predicted octanol–water partition coefficient (Wildman–Crippen LogP) is 4.22. The molecule has 2 nitrogen and oxygen atoms in total. The number of hydrogen-bond donors (Lipinski definition) is 1. The Hall–Kier alpha value is -0.870. The lowest BCUT2D eigenvalue weighted by atomic mass is 10.2. The van der Waals surface area contributed by atoms with Gasteiger partial charge >= 0.3 is 0 Å². The lowest BCUT2D eigenvalue weighted by molar-refractivity contribution is 1.13. The molecule has 2 rings (SSSR count). The van der Waals surface area contributed by atoms with E-state index in [4.69, 9.17) is 0 Å². The summed E-state index contributed by atoms with van der Waals surface area (Å²) in [5.41, 5.74) is 2.30. The van der Waals surface area contributed by atoms with Crippen molar-refractivity contribution in [2.24, 2.45) is 0 Å². The van der Waals surface area contributed by atoms with Crippen molar-refractivity contribution in [1.29, 1.82) is 0 Å². The van der Waals surface area contributed by atoms with Crippen molar-refractivity contribution in [2.45, 2.75) is 6.54 Å². The van der Waals surface area contributed by atoms with Gasteiger partial charge in [0.2, 0.25) is 0 Å². The largest absolute Gasteiger partial charge is 0.381 e. The third kappa shape index (κ3) is 3.32. The molecule has 2 aromatic rings. The minimum Gasteiger partial charge on any atom is -0.381 e. The summed E-state index contributed by atoms with van der Waals surface area (Å²) in [6.07, 6.45) is 0. The molecule has 0 aliphatic rings. The highest BCUT2D eigenvalue weighted by Crippen LogP contribution is 2.20. The molecule has 0 amide bonds. The number of rotatable bonds is 3. The maximum Gasteiger partial charge on any atom is 0.109 e. The number of aromatic nitrogens is 1. The minimum atomic E-state index is 0.809. The van der Waals surface area contributed by atoms with E-state index in [1.54, 1.807) is 0 Å². The van der Waals surface area contributed by atoms with E-state index in [0.717, 1.165) is 21.4 Å². The first kappa shape index (κ1) is 11.6. The van der Waals surface area contributed by atoms with Crippen molar-refractivity contribution in [3.8, 4) is 0 Å². The molecule has 0 fully saturated rings. The molecular formula is C12H10Br2N2. The van der Waals surface area contributed by atoms with Gasteiger partial charge in [-0.05, 0) is 49.6 Å². The van der Waals surface area contributed by atoms with E-state index in [-0.39, 0.29) is 0 Å². The summed E-state index contributed by atoms with van der Waals surface area (Å²) in [5, 5.41) is 3.34. The quantitative estimate of drug-likeness (QED) is 0.845. The zero-order valence-corrected chi connectivity index (χ0v) is 11.6. The molecule has 4 heteroatoms. The molecule has 0 bridgehead atoms. The van der Waals surface area contributed by atoms with Crippen molar-refractivity contribution >= 4 is 37.5 Å². The number of hydrogen-bond acceptors (Lipinski definition) is 2. The second-order valence-corrected chi connectivity index (χ2v) is 4.97. The Kier molecular flexibility index (Phi) is 3.96. The fraction of sp³-hybridized carbons (Fsp3) is 0.0833. The molecule has 0 saturated heterocycles. The Balaban J connectivity index is 2.05. The van der Waals surface area contributed by atoms with Gasteiger partial charge in [-0.3, -0.25) is 0 Å². The normalized spacial score (nSPS) is 10.1. The van der Waals surface area contributed by atoms with Crippen molar-refractivity contribution in [3.63, 3.8) is 0 Å². The van der Waals surface area contributed by atoms with Crippen LogP contribution in [0.1, 0.15) is 5.56 Å². The fourth-order valence-corrected chi connectivity index (χ4v) is 2.48. The number of nitrogens with zero attached hydrogens (tertiary/aromatic N) is 1. The first-order chi connectivity index (χ1) is 7.74. The van der Waals surface area contributed by atoms with Crippen LogP contribution in [0.25, 0.3) is 0 Å². The van der Waals surface area contributed by atoms with Crippen LogP contribution in [0.15, 0.2) is 51.7 Å². The SMILES string of the molecule is Brc1cc(NCc2ccccc2)cc(Br)n1. The standard InChI is InChI=1S/C12H10Br2N2/c13-11-6-10(7-12(14)16-11)15-8-9-4-2-1-3-5-9/h1-7H,8H2,(H,15,16). The highest BCUT2D eigenvalue weighted by molar-refractivity contribution is 9.11. The Morgan fingerprint density at radius 3 is 2.25 bits per heavy atom. The maximum atomic E-state index is 4.18. The summed E-state index contributed by atoms with van der Waals surface area (Å²) in [7, 11) is 0. The Morgan fingerprint density at radius 1 is 1.00 bits per heavy atom. The predicted molar refractivity (Wildman–Crippen MR) is 73.4 cm³/mol. The molecule has 0 radical (unpaired) electrons. The van der Waals surface area contributed by atoms with Crippen LogP contribution in [0.3, 0.4) is 0 Å². The van der Waals surface area contributed by atoms with E-state index in [2.05, 4.69) is 54.3 Å². The number of halogens is 2. The zero-order chi connectivity index (χ0) is 11.4. The second-order valence-electron chi connectivity index (χ2n) is 3.34. The zero-order valence-electron chi connectivity index (χ0n) is 8.45. The first-order valence-electron chi connectivity index (χ1n) is 4.85. The molecular weight excluding hydrogens is 332 g/mol. The average Bonchev–Trinajstić information content (AvgIpc) is 2.27. The summed E-state index contributed by atoms with van der Waals surface area (Å²) < 4.78 is 1.63. The molecule has 0 atom stereocenters. The van der Waals surface area contributed by atoms with Crippen LogP contribution in [0.2, 0.25) is 0 Å². The van der Waals surface area contributed by atoms with E-state index >= 15 is 0 Å². The van der Waals surface area contributed by atoms with Crippen molar-refractivity contribution in [2.75, 3.05) is 5.32 Å². The van der Waals surface area contributed by atoms with E-state index in [1.807, 2.05) is 30.3 Å². The maximum absolute atomic E-state index is 4.18. The molecule has 0 unspecified atom stereocenters. The van der Waals surface area contributed by atoms with Gasteiger partial charge in [-0.25, -0.2) is 4.98 Å². The van der Waals surface area contributed by atoms with E-state index < -0.39 is 0 Å². The topological polar surface area (TPSA) is 24.9 Å². The third-order valence-corrected chi connectivity index (χ3v) is 2.91. The van der Waals surface area contributed by atoms with Gasteiger partial charge in [-0.2, -0.15) is 0 Å². The summed E-state index contributed by atoms with van der Waals surface area (Å²) >= 11 is 6.72. The second kappa shape index (κ2) is 5.46. The van der Waals surface area contributed by atoms with Crippen LogP contribution in [-0.2, 0) is 6.54 Å². The molecule has 0 saturated carbocycles. The van der Waals surface area contributed by atoms with Gasteiger partial charge in [-0.1, -0.05) is 30.3 Å². The highest BCUT2D eigenvalue weighted by atomic mass is 79.9. The number of anilines is 1. The monoisotopic (exact) mass is 340 g/mol. The first-order valence-corrected chi connectivity index (χ1v) is 6.43. The molecule has 0 aliphatic heterocycles. The number of nitrogens with one attached hydrogen (secondary N) is 1. The van der Waals surface area contributed by atoms with Crippen LogP contribution in [0.5, 0.6) is 0 Å². The van der Waals surface area contributed by atoms with Crippen LogP contribution >= 0.6 is 31.9 Å². The van der Waals surface area contributed by atoms with Crippen LogP contribution in [0.4, 0.5) is 5.69 Å². The average molecular weight is 342 g/mol. The van der Waals surface area contributed by atoms with Gasteiger partial charge in [0.15, 0.2) is 0 Å². The third-order valence-electron chi connectivity index (χ3n) is 2.10. The molecule has 1 aromatic heterocycles. The number of pyridine rings is 1. The van der Waals surface area contributed by atoms with Crippen LogP contribution in [0, 0.1) is 0 Å². The van der Waals surface area contributed by atoms with Gasteiger partial charge in [0.1, 0.15) is 9.21 Å². The smallest absolute Gasteiger partial charge is 0.109 e. The summed E-state index contributed by atoms with van der Waals surface area (Å²) in [4.78, 5) is 4.18. The van der Waals surface area contributed by atoms with Crippen molar-refractivity contribution in [1.82, 2.24) is 4.98 Å². The van der Waals surface area contributed by atoms with Crippen molar-refractivity contribution in [3.05, 3.63) is 57.2 Å². The Morgan fingerprint density at radius 2 is 1.62 bits per heavy atom. The molecule has 1 aromatic carbocycles. The number of benzene rings is 1. The fourth-order valence-electron chi connectivity index (χ4n) is 1.37. The summed E-state index contributed by atoms with van der Waals surface area (Å²) in [5.74, 6) is 0. The molecule has 16 heavy (non-hydrogen) atoms. The summed E-state index contributed by atoms with van der Waals surface area (Å²) in [6.45, 7) is 0.809. The van der Waals surface area contributed by atoms with E-state index in [0.29, 0.717) is 0 Å². The lowest BCUT2D eigenvalue weighted by Gasteiger charge is -2.07. The van der Waals surface area contributed by atoms with E-state index in [9.17, 15) is 0 Å². The molecule has 82 valence electrons. The molecule has 0 spiro atoms. The lowest BCUT2D eigenvalue weighted by Crippen LogP contribution is -1.99. The van der Waals surface area contributed by atoms with Gasteiger partial charge in [0.25, 0.3) is 0 Å². The van der Waals surface area contributed by atoms with Crippen LogP contribution < -0.4 is 5.32 Å². The van der Waals surface area contributed by atoms with Gasteiger partial charge in [0.05, 0.1) is 0 Å². The van der Waals surface area contributed by atoms with Gasteiger partial charge in [-0.15, -0.1) is 0 Å². The van der Waals surface area contributed by atoms with Gasteiger partial charge < -0.3 is 5.32 Å². The van der Waals surface area contributed by atoms with Gasteiger partial charge in [0, 0.05) is 12.2 Å². The van der Waals surface area contributed by atoms with Crippen molar-refractivity contribution < 1.29 is 0 Å². The molecule has 0 aliphatic carbocycles. The highest BCUT2D eigenvalue weighted by Gasteiger charge is 1.98. The van der Waals surface area contributed by atoms with E-state index in [1.165, 1.54) is 5.56 Å². The molecule has 1 N–H and O–H groups in total. The Labute approximate surface area is 111 Å². The molecule has 1 heterocycles. The minimum absolute atomic E-state index is 0.809. The summed E-state index contributed by atoms with van der Waals surface area (Å²) in [6, 6.07) is 14.2.